The molecule has 5 heteroatoms. The highest BCUT2D eigenvalue weighted by Crippen LogP contribution is 2.25. The van der Waals surface area contributed by atoms with Gasteiger partial charge in [-0.25, -0.2) is 0 Å². The van der Waals surface area contributed by atoms with Crippen molar-refractivity contribution >= 4 is 44.8 Å². The van der Waals surface area contributed by atoms with Crippen LogP contribution in [0.1, 0.15) is 15.9 Å². The maximum atomic E-state index is 12.1. The van der Waals surface area contributed by atoms with Gasteiger partial charge in [0.1, 0.15) is 0 Å². The van der Waals surface area contributed by atoms with E-state index >= 15 is 0 Å². The first-order valence-corrected chi connectivity index (χ1v) is 6.77. The van der Waals surface area contributed by atoms with Gasteiger partial charge in [-0.1, -0.05) is 17.7 Å². The Bertz CT molecular complexity index is 643. The number of nitrogen functional groups attached to an aromatic ring is 1. The van der Waals surface area contributed by atoms with Gasteiger partial charge >= 0.3 is 0 Å². The second-order valence-electron chi connectivity index (χ2n) is 4.17. The molecule has 3 N–H and O–H groups in total. The van der Waals surface area contributed by atoms with Crippen molar-refractivity contribution in [2.75, 3.05) is 11.1 Å². The normalized spacial score (nSPS) is 10.3. The van der Waals surface area contributed by atoms with Gasteiger partial charge in [-0.2, -0.15) is 0 Å². The molecule has 0 bridgehead atoms. The summed E-state index contributed by atoms with van der Waals surface area (Å²) in [5.41, 5.74) is 8.51. The molecule has 0 heterocycles. The summed E-state index contributed by atoms with van der Waals surface area (Å²) in [6.45, 7) is 1.94. The van der Waals surface area contributed by atoms with Crippen LogP contribution >= 0.6 is 27.5 Å². The summed E-state index contributed by atoms with van der Waals surface area (Å²) >= 11 is 9.24. The molecule has 2 rings (SSSR count). The van der Waals surface area contributed by atoms with Crippen LogP contribution in [0.25, 0.3) is 0 Å². The van der Waals surface area contributed by atoms with Gasteiger partial charge in [0.25, 0.3) is 5.91 Å². The lowest BCUT2D eigenvalue weighted by atomic mass is 10.1. The lowest BCUT2D eigenvalue weighted by Gasteiger charge is -2.09. The molecule has 19 heavy (non-hydrogen) atoms. The first kappa shape index (κ1) is 13.9. The molecule has 0 aliphatic carbocycles. The molecule has 3 nitrogen and oxygen atoms in total. The van der Waals surface area contributed by atoms with Crippen molar-refractivity contribution in [1.29, 1.82) is 0 Å². The van der Waals surface area contributed by atoms with E-state index in [1.807, 2.05) is 19.1 Å². The summed E-state index contributed by atoms with van der Waals surface area (Å²) in [4.78, 5) is 12.1. The third-order valence-electron chi connectivity index (χ3n) is 2.64. The Morgan fingerprint density at radius 2 is 2.00 bits per heavy atom. The minimum absolute atomic E-state index is 0.245. The Labute approximate surface area is 124 Å². The Morgan fingerprint density at radius 1 is 1.26 bits per heavy atom. The van der Waals surface area contributed by atoms with E-state index in [2.05, 4.69) is 21.2 Å². The van der Waals surface area contributed by atoms with Gasteiger partial charge < -0.3 is 11.1 Å². The maximum Gasteiger partial charge on any atom is 0.255 e. The van der Waals surface area contributed by atoms with Gasteiger partial charge in [-0.3, -0.25) is 4.79 Å². The number of nitrogens with one attached hydrogen (secondary N) is 1. The number of benzene rings is 2. The Balaban J connectivity index is 2.23. The number of halogens is 2. The van der Waals surface area contributed by atoms with E-state index in [-0.39, 0.29) is 5.91 Å². The standard InChI is InChI=1S/C14H12BrClN2O/c1-8-2-5-13(12(17)6-8)18-14(19)9-3-4-10(15)11(16)7-9/h2-7H,17H2,1H3,(H,18,19). The van der Waals surface area contributed by atoms with E-state index in [0.29, 0.717) is 22.0 Å². The van der Waals surface area contributed by atoms with Crippen LogP contribution in [0.4, 0.5) is 11.4 Å². The Kier molecular flexibility index (Phi) is 4.12. The van der Waals surface area contributed by atoms with Crippen LogP contribution in [0.2, 0.25) is 5.02 Å². The molecule has 0 radical (unpaired) electrons. The lowest BCUT2D eigenvalue weighted by molar-refractivity contribution is 0.102. The second-order valence-corrected chi connectivity index (χ2v) is 5.44. The smallest absolute Gasteiger partial charge is 0.255 e. The molecular formula is C14H12BrClN2O. The van der Waals surface area contributed by atoms with Gasteiger partial charge in [0.05, 0.1) is 16.4 Å². The highest BCUT2D eigenvalue weighted by Gasteiger charge is 2.09. The fraction of sp³-hybridized carbons (Fsp3) is 0.0714. The number of carbonyl (C=O) groups is 1. The van der Waals surface area contributed by atoms with Gasteiger partial charge in [0, 0.05) is 10.0 Å². The number of carbonyl (C=O) groups excluding carboxylic acids is 1. The van der Waals surface area contributed by atoms with Crippen molar-refractivity contribution in [2.24, 2.45) is 0 Å². The van der Waals surface area contributed by atoms with Crippen LogP contribution in [0.3, 0.4) is 0 Å². The average molecular weight is 340 g/mol. The molecule has 98 valence electrons. The Morgan fingerprint density at radius 3 is 2.63 bits per heavy atom. The third kappa shape index (κ3) is 3.28. The predicted octanol–water partition coefficient (Wildman–Crippen LogP) is 4.25. The molecule has 0 saturated heterocycles. The number of aryl methyl sites for hydroxylation is 1. The van der Waals surface area contributed by atoms with E-state index in [4.69, 9.17) is 17.3 Å². The van der Waals surface area contributed by atoms with Crippen LogP contribution in [-0.2, 0) is 0 Å². The molecule has 0 aliphatic heterocycles. The van der Waals surface area contributed by atoms with Crippen molar-refractivity contribution in [1.82, 2.24) is 0 Å². The molecule has 0 unspecified atom stereocenters. The summed E-state index contributed by atoms with van der Waals surface area (Å²) in [6, 6.07) is 10.5. The maximum absolute atomic E-state index is 12.1. The monoisotopic (exact) mass is 338 g/mol. The van der Waals surface area contributed by atoms with Crippen LogP contribution in [-0.4, -0.2) is 5.91 Å². The average Bonchev–Trinajstić information content (AvgIpc) is 2.36. The van der Waals surface area contributed by atoms with E-state index in [1.165, 1.54) is 0 Å². The summed E-state index contributed by atoms with van der Waals surface area (Å²) in [5.74, 6) is -0.245. The van der Waals surface area contributed by atoms with Crippen molar-refractivity contribution in [3.8, 4) is 0 Å². The second kappa shape index (κ2) is 5.63. The topological polar surface area (TPSA) is 55.1 Å². The lowest BCUT2D eigenvalue weighted by Crippen LogP contribution is -2.13. The number of nitrogens with two attached hydrogens (primary N) is 1. The molecule has 2 aromatic carbocycles. The number of amides is 1. The van der Waals surface area contributed by atoms with Gasteiger partial charge in [0.15, 0.2) is 0 Å². The molecule has 2 aromatic rings. The molecule has 0 atom stereocenters. The van der Waals surface area contributed by atoms with E-state index < -0.39 is 0 Å². The van der Waals surface area contributed by atoms with E-state index in [0.717, 1.165) is 10.0 Å². The molecule has 0 spiro atoms. The zero-order valence-electron chi connectivity index (χ0n) is 10.2. The zero-order valence-corrected chi connectivity index (χ0v) is 12.5. The summed E-state index contributed by atoms with van der Waals surface area (Å²) in [7, 11) is 0. The third-order valence-corrected chi connectivity index (χ3v) is 3.87. The zero-order chi connectivity index (χ0) is 14.0. The highest BCUT2D eigenvalue weighted by molar-refractivity contribution is 9.10. The molecule has 0 aromatic heterocycles. The summed E-state index contributed by atoms with van der Waals surface area (Å²) < 4.78 is 0.751. The quantitative estimate of drug-likeness (QED) is 0.804. The SMILES string of the molecule is Cc1ccc(NC(=O)c2ccc(Br)c(Cl)c2)c(N)c1. The Hall–Kier alpha value is -1.52. The first-order valence-electron chi connectivity index (χ1n) is 5.60. The van der Waals surface area contributed by atoms with Gasteiger partial charge in [-0.15, -0.1) is 0 Å². The van der Waals surface area contributed by atoms with Crippen molar-refractivity contribution in [3.05, 3.63) is 57.0 Å². The first-order chi connectivity index (χ1) is 8.97. The van der Waals surface area contributed by atoms with Crippen molar-refractivity contribution < 1.29 is 4.79 Å². The number of hydrogen-bond donors (Lipinski definition) is 2. The summed E-state index contributed by atoms with van der Waals surface area (Å²) in [6.07, 6.45) is 0. The minimum atomic E-state index is -0.245. The molecular weight excluding hydrogens is 328 g/mol. The fourth-order valence-corrected chi connectivity index (χ4v) is 2.06. The van der Waals surface area contributed by atoms with Gasteiger partial charge in [-0.05, 0) is 58.7 Å². The number of rotatable bonds is 2. The largest absolute Gasteiger partial charge is 0.397 e. The van der Waals surface area contributed by atoms with Crippen LogP contribution in [0.15, 0.2) is 40.9 Å². The number of hydrogen-bond acceptors (Lipinski definition) is 2. The van der Waals surface area contributed by atoms with Crippen molar-refractivity contribution in [2.45, 2.75) is 6.92 Å². The summed E-state index contributed by atoms with van der Waals surface area (Å²) in [5, 5.41) is 3.25. The highest BCUT2D eigenvalue weighted by atomic mass is 79.9. The van der Waals surface area contributed by atoms with Crippen LogP contribution in [0.5, 0.6) is 0 Å². The molecule has 0 aliphatic rings. The van der Waals surface area contributed by atoms with Crippen LogP contribution in [0, 0.1) is 6.92 Å². The minimum Gasteiger partial charge on any atom is -0.397 e. The number of anilines is 2. The van der Waals surface area contributed by atoms with Crippen LogP contribution < -0.4 is 11.1 Å². The van der Waals surface area contributed by atoms with Gasteiger partial charge in [0.2, 0.25) is 0 Å². The molecule has 0 saturated carbocycles. The molecule has 0 fully saturated rings. The predicted molar refractivity (Wildman–Crippen MR) is 82.7 cm³/mol. The van der Waals surface area contributed by atoms with Crippen molar-refractivity contribution in [3.63, 3.8) is 0 Å². The van der Waals surface area contributed by atoms with E-state index in [1.54, 1.807) is 24.3 Å². The van der Waals surface area contributed by atoms with E-state index in [9.17, 15) is 4.79 Å². The fourth-order valence-electron chi connectivity index (χ4n) is 1.63. The molecule has 1 amide bonds.